The monoisotopic (exact) mass is 188 g/mol. The van der Waals surface area contributed by atoms with Crippen LogP contribution in [-0.4, -0.2) is 30.3 Å². The predicted octanol–water partition coefficient (Wildman–Crippen LogP) is 0.857. The molecule has 0 saturated carbocycles. The Morgan fingerprint density at radius 2 is 2.00 bits per heavy atom. The molecule has 0 aliphatic rings. The van der Waals surface area contributed by atoms with Crippen molar-refractivity contribution in [1.29, 1.82) is 0 Å². The van der Waals surface area contributed by atoms with Gasteiger partial charge in [0.15, 0.2) is 0 Å². The third-order valence-electron chi connectivity index (χ3n) is 1.66. The van der Waals surface area contributed by atoms with E-state index in [0.717, 1.165) is 19.4 Å². The first-order valence-corrected chi connectivity index (χ1v) is 4.86. The molecule has 0 radical (unpaired) electrons. The second kappa shape index (κ2) is 7.86. The summed E-state index contributed by atoms with van der Waals surface area (Å²) in [5.74, 6) is 0. The number of aliphatic hydroxyl groups excluding tert-OH is 1. The Bertz CT molecular complexity index is 138. The number of unbranched alkanes of at least 4 members (excludes halogenated alkanes) is 1. The smallest absolute Gasteiger partial charge is 0.314 e. The lowest BCUT2D eigenvalue weighted by molar-refractivity contribution is 0.183. The van der Waals surface area contributed by atoms with Crippen molar-refractivity contribution in [3.05, 3.63) is 0 Å². The maximum atomic E-state index is 11.0. The van der Waals surface area contributed by atoms with Gasteiger partial charge in [-0.3, -0.25) is 0 Å². The fraction of sp³-hybridized carbons (Fsp3) is 0.889. The van der Waals surface area contributed by atoms with Crippen LogP contribution in [0.2, 0.25) is 0 Å². The highest BCUT2D eigenvalue weighted by Crippen LogP contribution is 1.86. The van der Waals surface area contributed by atoms with Crippen LogP contribution in [0.1, 0.15) is 33.1 Å². The summed E-state index contributed by atoms with van der Waals surface area (Å²) in [5.41, 5.74) is 0. The maximum absolute atomic E-state index is 11.0. The molecule has 0 aromatic carbocycles. The minimum atomic E-state index is -0.351. The van der Waals surface area contributed by atoms with Gasteiger partial charge in [-0.2, -0.15) is 0 Å². The molecule has 0 bridgehead atoms. The van der Waals surface area contributed by atoms with E-state index < -0.39 is 0 Å². The summed E-state index contributed by atoms with van der Waals surface area (Å²) in [6.45, 7) is 5.02. The Labute approximate surface area is 79.7 Å². The summed E-state index contributed by atoms with van der Waals surface area (Å²) < 4.78 is 0. The van der Waals surface area contributed by atoms with Gasteiger partial charge in [0.25, 0.3) is 0 Å². The molecular weight excluding hydrogens is 168 g/mol. The summed E-state index contributed by atoms with van der Waals surface area (Å²) in [7, 11) is 0. The Morgan fingerprint density at radius 1 is 1.38 bits per heavy atom. The van der Waals surface area contributed by atoms with Crippen LogP contribution in [0.25, 0.3) is 0 Å². The standard InChI is InChI=1S/C9H20N2O2/c1-3-4-6-10-9(13)11-7-5-8(2)12/h8,12H,3-7H2,1-2H3,(H2,10,11,13). The van der Waals surface area contributed by atoms with E-state index in [4.69, 9.17) is 5.11 Å². The van der Waals surface area contributed by atoms with E-state index in [2.05, 4.69) is 17.6 Å². The number of urea groups is 1. The molecule has 13 heavy (non-hydrogen) atoms. The van der Waals surface area contributed by atoms with Crippen LogP contribution >= 0.6 is 0 Å². The van der Waals surface area contributed by atoms with Crippen LogP contribution < -0.4 is 10.6 Å². The average Bonchev–Trinajstić information content (AvgIpc) is 2.04. The van der Waals surface area contributed by atoms with Gasteiger partial charge in [0.2, 0.25) is 0 Å². The minimum absolute atomic E-state index is 0.144. The second-order valence-corrected chi connectivity index (χ2v) is 3.17. The maximum Gasteiger partial charge on any atom is 0.314 e. The number of hydrogen-bond acceptors (Lipinski definition) is 2. The van der Waals surface area contributed by atoms with Gasteiger partial charge in [0.05, 0.1) is 6.10 Å². The number of nitrogens with one attached hydrogen (secondary N) is 2. The number of carbonyl (C=O) groups is 1. The van der Waals surface area contributed by atoms with Crippen molar-refractivity contribution in [1.82, 2.24) is 10.6 Å². The molecule has 1 unspecified atom stereocenters. The largest absolute Gasteiger partial charge is 0.393 e. The van der Waals surface area contributed by atoms with Gasteiger partial charge in [-0.15, -0.1) is 0 Å². The van der Waals surface area contributed by atoms with Gasteiger partial charge in [0, 0.05) is 13.1 Å². The van der Waals surface area contributed by atoms with E-state index in [1.165, 1.54) is 0 Å². The molecule has 0 spiro atoms. The topological polar surface area (TPSA) is 61.4 Å². The summed E-state index contributed by atoms with van der Waals surface area (Å²) >= 11 is 0. The van der Waals surface area contributed by atoms with Crippen LogP contribution in [0.5, 0.6) is 0 Å². The van der Waals surface area contributed by atoms with Crippen LogP contribution in [0.15, 0.2) is 0 Å². The number of amides is 2. The van der Waals surface area contributed by atoms with E-state index >= 15 is 0 Å². The molecule has 3 N–H and O–H groups in total. The number of hydrogen-bond donors (Lipinski definition) is 3. The first-order valence-electron chi connectivity index (χ1n) is 4.86. The lowest BCUT2D eigenvalue weighted by Gasteiger charge is -2.07. The van der Waals surface area contributed by atoms with E-state index in [0.29, 0.717) is 13.0 Å². The zero-order valence-corrected chi connectivity index (χ0v) is 8.47. The van der Waals surface area contributed by atoms with Gasteiger partial charge in [-0.1, -0.05) is 13.3 Å². The quantitative estimate of drug-likeness (QED) is 0.541. The molecule has 2 amide bonds. The Morgan fingerprint density at radius 3 is 2.54 bits per heavy atom. The third-order valence-corrected chi connectivity index (χ3v) is 1.66. The highest BCUT2D eigenvalue weighted by Gasteiger charge is 1.99. The van der Waals surface area contributed by atoms with E-state index in [1.807, 2.05) is 0 Å². The molecular formula is C9H20N2O2. The molecule has 4 heteroatoms. The first-order chi connectivity index (χ1) is 6.16. The van der Waals surface area contributed by atoms with Crippen molar-refractivity contribution in [3.63, 3.8) is 0 Å². The minimum Gasteiger partial charge on any atom is -0.393 e. The van der Waals surface area contributed by atoms with E-state index in [-0.39, 0.29) is 12.1 Å². The van der Waals surface area contributed by atoms with Crippen molar-refractivity contribution in [2.45, 2.75) is 39.2 Å². The number of aliphatic hydroxyl groups is 1. The van der Waals surface area contributed by atoms with Gasteiger partial charge >= 0.3 is 6.03 Å². The fourth-order valence-corrected chi connectivity index (χ4v) is 0.836. The highest BCUT2D eigenvalue weighted by atomic mass is 16.3. The van der Waals surface area contributed by atoms with Gasteiger partial charge in [-0.05, 0) is 19.8 Å². The van der Waals surface area contributed by atoms with Gasteiger partial charge < -0.3 is 15.7 Å². The fourth-order valence-electron chi connectivity index (χ4n) is 0.836. The van der Waals surface area contributed by atoms with Crippen LogP contribution in [0, 0.1) is 0 Å². The third kappa shape index (κ3) is 9.14. The first kappa shape index (κ1) is 12.2. The molecule has 0 fully saturated rings. The van der Waals surface area contributed by atoms with Crippen molar-refractivity contribution in [3.8, 4) is 0 Å². The highest BCUT2D eigenvalue weighted by molar-refractivity contribution is 5.73. The van der Waals surface area contributed by atoms with E-state index in [9.17, 15) is 4.79 Å². The molecule has 0 saturated heterocycles. The van der Waals surface area contributed by atoms with Crippen LogP contribution in [-0.2, 0) is 0 Å². The van der Waals surface area contributed by atoms with Crippen molar-refractivity contribution < 1.29 is 9.90 Å². The normalized spacial score (nSPS) is 12.2. The molecule has 0 aromatic rings. The molecule has 0 aliphatic carbocycles. The second-order valence-electron chi connectivity index (χ2n) is 3.17. The Balaban J connectivity index is 3.20. The zero-order chi connectivity index (χ0) is 10.1. The summed E-state index contributed by atoms with van der Waals surface area (Å²) in [6, 6.07) is -0.144. The Kier molecular flexibility index (Phi) is 7.39. The summed E-state index contributed by atoms with van der Waals surface area (Å²) in [5, 5.41) is 14.3. The van der Waals surface area contributed by atoms with E-state index in [1.54, 1.807) is 6.92 Å². The predicted molar refractivity (Wildman–Crippen MR) is 52.6 cm³/mol. The Hall–Kier alpha value is -0.770. The molecule has 0 aliphatic heterocycles. The molecule has 0 heterocycles. The summed E-state index contributed by atoms with van der Waals surface area (Å²) in [4.78, 5) is 11.0. The lowest BCUT2D eigenvalue weighted by Crippen LogP contribution is -2.37. The zero-order valence-electron chi connectivity index (χ0n) is 8.47. The molecule has 0 aromatic heterocycles. The van der Waals surface area contributed by atoms with Gasteiger partial charge in [0.1, 0.15) is 0 Å². The van der Waals surface area contributed by atoms with Crippen molar-refractivity contribution in [2.75, 3.05) is 13.1 Å². The molecule has 4 nitrogen and oxygen atoms in total. The van der Waals surface area contributed by atoms with Crippen LogP contribution in [0.4, 0.5) is 4.79 Å². The average molecular weight is 188 g/mol. The van der Waals surface area contributed by atoms with Gasteiger partial charge in [-0.25, -0.2) is 4.79 Å². The van der Waals surface area contributed by atoms with Crippen LogP contribution in [0.3, 0.4) is 0 Å². The summed E-state index contributed by atoms with van der Waals surface area (Å²) in [6.07, 6.45) is 2.33. The van der Waals surface area contributed by atoms with Crippen molar-refractivity contribution >= 4 is 6.03 Å². The van der Waals surface area contributed by atoms with Crippen molar-refractivity contribution in [2.24, 2.45) is 0 Å². The number of carbonyl (C=O) groups excluding carboxylic acids is 1. The lowest BCUT2D eigenvalue weighted by atomic mass is 10.3. The SMILES string of the molecule is CCCCNC(=O)NCCC(C)O. The number of rotatable bonds is 6. The molecule has 0 rings (SSSR count). The molecule has 78 valence electrons. The molecule has 1 atom stereocenters.